The van der Waals surface area contributed by atoms with Gasteiger partial charge in [-0.1, -0.05) is 19.4 Å². The van der Waals surface area contributed by atoms with E-state index >= 15 is 0 Å². The molecule has 1 N–H and O–H groups in total. The summed E-state index contributed by atoms with van der Waals surface area (Å²) >= 11 is 0. The summed E-state index contributed by atoms with van der Waals surface area (Å²) in [6, 6.07) is 5.19. The monoisotopic (exact) mass is 234 g/mol. The summed E-state index contributed by atoms with van der Waals surface area (Å²) in [7, 11) is 0. The average molecular weight is 234 g/mol. The highest BCUT2D eigenvalue weighted by Gasteiger charge is 2.21. The second-order valence-corrected chi connectivity index (χ2v) is 4.62. The lowest BCUT2D eigenvalue weighted by Crippen LogP contribution is -2.21. The second-order valence-electron chi connectivity index (χ2n) is 4.62. The number of aromatic nitrogens is 1. The number of nitrogens with zero attached hydrogens (tertiary/aromatic N) is 2. The van der Waals surface area contributed by atoms with Gasteiger partial charge in [-0.15, -0.1) is 0 Å². The Balaban J connectivity index is 1.99. The number of hydrogen-bond donors (Lipinski definition) is 1. The van der Waals surface area contributed by atoms with Crippen molar-refractivity contribution in [3.8, 4) is 0 Å². The topological polar surface area (TPSA) is 53.4 Å². The van der Waals surface area contributed by atoms with Gasteiger partial charge < -0.3 is 5.11 Å². The Hall–Kier alpha value is -1.42. The van der Waals surface area contributed by atoms with Crippen molar-refractivity contribution < 1.29 is 9.90 Å². The molecule has 1 aromatic rings. The van der Waals surface area contributed by atoms with E-state index < -0.39 is 5.97 Å². The molecule has 1 saturated heterocycles. The van der Waals surface area contributed by atoms with Crippen LogP contribution in [0.3, 0.4) is 0 Å². The van der Waals surface area contributed by atoms with Gasteiger partial charge in [-0.25, -0.2) is 9.78 Å². The van der Waals surface area contributed by atoms with Crippen LogP contribution in [-0.4, -0.2) is 34.0 Å². The van der Waals surface area contributed by atoms with Crippen LogP contribution < -0.4 is 0 Å². The summed E-state index contributed by atoms with van der Waals surface area (Å²) in [6.07, 6.45) is 2.47. The van der Waals surface area contributed by atoms with Crippen LogP contribution in [-0.2, 0) is 6.54 Å². The zero-order chi connectivity index (χ0) is 12.3. The molecule has 1 unspecified atom stereocenters. The van der Waals surface area contributed by atoms with Gasteiger partial charge in [0.05, 0.1) is 5.69 Å². The normalized spacial score (nSPS) is 20.6. The van der Waals surface area contributed by atoms with Gasteiger partial charge in [-0.05, 0) is 31.0 Å². The third-order valence-electron chi connectivity index (χ3n) is 3.36. The van der Waals surface area contributed by atoms with Crippen molar-refractivity contribution in [3.63, 3.8) is 0 Å². The van der Waals surface area contributed by atoms with E-state index in [9.17, 15) is 4.79 Å². The van der Waals surface area contributed by atoms with Gasteiger partial charge >= 0.3 is 5.97 Å². The molecule has 1 fully saturated rings. The Morgan fingerprint density at radius 1 is 1.59 bits per heavy atom. The van der Waals surface area contributed by atoms with E-state index in [0.29, 0.717) is 0 Å². The zero-order valence-corrected chi connectivity index (χ0v) is 10.1. The molecule has 0 amide bonds. The molecule has 0 spiro atoms. The van der Waals surface area contributed by atoms with Gasteiger partial charge in [0, 0.05) is 13.1 Å². The predicted molar refractivity (Wildman–Crippen MR) is 64.9 cm³/mol. The van der Waals surface area contributed by atoms with E-state index in [4.69, 9.17) is 5.11 Å². The molecule has 0 aliphatic carbocycles. The number of carbonyl (C=O) groups is 1. The maximum Gasteiger partial charge on any atom is 0.354 e. The molecule has 2 heterocycles. The number of carboxylic acid groups (broad SMARTS) is 1. The first-order chi connectivity index (χ1) is 8.19. The van der Waals surface area contributed by atoms with Crippen molar-refractivity contribution >= 4 is 5.97 Å². The lowest BCUT2D eigenvalue weighted by atomic mass is 10.1. The van der Waals surface area contributed by atoms with E-state index in [0.717, 1.165) is 31.2 Å². The lowest BCUT2D eigenvalue weighted by molar-refractivity contribution is 0.0690. The predicted octanol–water partition coefficient (Wildman–Crippen LogP) is 2.01. The molecule has 2 rings (SSSR count). The molecule has 0 radical (unpaired) electrons. The largest absolute Gasteiger partial charge is 0.477 e. The Bertz CT molecular complexity index is 406. The fraction of sp³-hybridized carbons (Fsp3) is 0.538. The summed E-state index contributed by atoms with van der Waals surface area (Å²) < 4.78 is 0. The molecule has 1 aliphatic rings. The number of carboxylic acids is 1. The number of pyridine rings is 1. The van der Waals surface area contributed by atoms with Crippen molar-refractivity contribution in [2.75, 3.05) is 13.1 Å². The quantitative estimate of drug-likeness (QED) is 0.865. The van der Waals surface area contributed by atoms with Gasteiger partial charge in [0.25, 0.3) is 0 Å². The fourth-order valence-electron chi connectivity index (χ4n) is 2.31. The first-order valence-corrected chi connectivity index (χ1v) is 6.10. The van der Waals surface area contributed by atoms with Crippen molar-refractivity contribution in [1.29, 1.82) is 0 Å². The Kier molecular flexibility index (Phi) is 3.74. The molecule has 1 aromatic heterocycles. The van der Waals surface area contributed by atoms with Crippen LogP contribution in [0.2, 0.25) is 0 Å². The van der Waals surface area contributed by atoms with Crippen LogP contribution in [0.4, 0.5) is 0 Å². The van der Waals surface area contributed by atoms with Crippen LogP contribution in [0.5, 0.6) is 0 Å². The van der Waals surface area contributed by atoms with Gasteiger partial charge in [0.1, 0.15) is 5.69 Å². The molecule has 1 atom stereocenters. The first kappa shape index (κ1) is 12.0. The Morgan fingerprint density at radius 3 is 3.06 bits per heavy atom. The van der Waals surface area contributed by atoms with Crippen LogP contribution in [0, 0.1) is 5.92 Å². The van der Waals surface area contributed by atoms with E-state index in [1.165, 1.54) is 18.9 Å². The van der Waals surface area contributed by atoms with Crippen LogP contribution >= 0.6 is 0 Å². The summed E-state index contributed by atoms with van der Waals surface area (Å²) in [5.41, 5.74) is 0.982. The molecule has 1 aliphatic heterocycles. The van der Waals surface area contributed by atoms with E-state index in [-0.39, 0.29) is 5.69 Å². The second kappa shape index (κ2) is 5.27. The van der Waals surface area contributed by atoms with E-state index in [2.05, 4.69) is 16.8 Å². The molecule has 4 heteroatoms. The van der Waals surface area contributed by atoms with Crippen molar-refractivity contribution in [2.45, 2.75) is 26.3 Å². The third-order valence-corrected chi connectivity index (χ3v) is 3.36. The highest BCUT2D eigenvalue weighted by molar-refractivity contribution is 5.85. The van der Waals surface area contributed by atoms with Gasteiger partial charge in [0.15, 0.2) is 0 Å². The molecular formula is C13H18N2O2. The zero-order valence-electron chi connectivity index (χ0n) is 10.1. The maximum absolute atomic E-state index is 10.8. The SMILES string of the molecule is CCC1CCN(Cc2cccc(C(=O)O)n2)C1. The van der Waals surface area contributed by atoms with Crippen molar-refractivity contribution in [3.05, 3.63) is 29.6 Å². The standard InChI is InChI=1S/C13H18N2O2/c1-2-10-6-7-15(8-10)9-11-4-3-5-12(14-11)13(16)17/h3-5,10H,2,6-9H2,1H3,(H,16,17). The minimum absolute atomic E-state index is 0.133. The molecule has 0 saturated carbocycles. The smallest absolute Gasteiger partial charge is 0.354 e. The third kappa shape index (κ3) is 3.03. The summed E-state index contributed by atoms with van der Waals surface area (Å²) in [5.74, 6) is -0.169. The van der Waals surface area contributed by atoms with Crippen LogP contribution in [0.15, 0.2) is 18.2 Å². The number of hydrogen-bond acceptors (Lipinski definition) is 3. The average Bonchev–Trinajstić information content (AvgIpc) is 2.77. The van der Waals surface area contributed by atoms with Crippen molar-refractivity contribution in [1.82, 2.24) is 9.88 Å². The minimum atomic E-state index is -0.959. The van der Waals surface area contributed by atoms with Gasteiger partial charge in [-0.3, -0.25) is 4.90 Å². The lowest BCUT2D eigenvalue weighted by Gasteiger charge is -2.15. The van der Waals surface area contributed by atoms with Crippen LogP contribution in [0.1, 0.15) is 35.9 Å². The highest BCUT2D eigenvalue weighted by Crippen LogP contribution is 2.20. The Morgan fingerprint density at radius 2 is 2.41 bits per heavy atom. The number of likely N-dealkylation sites (tertiary alicyclic amines) is 1. The molecule has 0 bridgehead atoms. The van der Waals surface area contributed by atoms with Gasteiger partial charge in [0.2, 0.25) is 0 Å². The van der Waals surface area contributed by atoms with Gasteiger partial charge in [-0.2, -0.15) is 0 Å². The maximum atomic E-state index is 10.8. The summed E-state index contributed by atoms with van der Waals surface area (Å²) in [5, 5.41) is 8.87. The summed E-state index contributed by atoms with van der Waals surface area (Å²) in [6.45, 7) is 5.18. The number of aromatic carboxylic acids is 1. The molecule has 0 aromatic carbocycles. The van der Waals surface area contributed by atoms with E-state index in [1.807, 2.05) is 6.07 Å². The highest BCUT2D eigenvalue weighted by atomic mass is 16.4. The van der Waals surface area contributed by atoms with Crippen molar-refractivity contribution in [2.24, 2.45) is 5.92 Å². The summed E-state index contributed by atoms with van der Waals surface area (Å²) in [4.78, 5) is 17.3. The van der Waals surface area contributed by atoms with Crippen LogP contribution in [0.25, 0.3) is 0 Å². The number of rotatable bonds is 4. The molecular weight excluding hydrogens is 216 g/mol. The Labute approximate surface area is 101 Å². The first-order valence-electron chi connectivity index (χ1n) is 6.10. The molecule has 4 nitrogen and oxygen atoms in total. The molecule has 92 valence electrons. The van der Waals surface area contributed by atoms with E-state index in [1.54, 1.807) is 6.07 Å². The fourth-order valence-corrected chi connectivity index (χ4v) is 2.31. The molecule has 17 heavy (non-hydrogen) atoms. The minimum Gasteiger partial charge on any atom is -0.477 e.